The Morgan fingerprint density at radius 2 is 1.80 bits per heavy atom. The van der Waals surface area contributed by atoms with Gasteiger partial charge in [-0.15, -0.1) is 11.8 Å². The van der Waals surface area contributed by atoms with Crippen molar-refractivity contribution in [3.05, 3.63) is 42.5 Å². The molecule has 2 aromatic carbocycles. The second-order valence-electron chi connectivity index (χ2n) is 5.37. The maximum Gasteiger partial charge on any atom is 0.0187 e. The van der Waals surface area contributed by atoms with Gasteiger partial charge >= 0.3 is 0 Å². The molecule has 0 fully saturated rings. The summed E-state index contributed by atoms with van der Waals surface area (Å²) in [6.45, 7) is 7.85. The number of rotatable bonds is 7. The van der Waals surface area contributed by atoms with Gasteiger partial charge in [0.05, 0.1) is 0 Å². The predicted octanol–water partition coefficient (Wildman–Crippen LogP) is 4.96. The van der Waals surface area contributed by atoms with Crippen LogP contribution in [-0.4, -0.2) is 18.3 Å². The van der Waals surface area contributed by atoms with E-state index in [1.54, 1.807) is 0 Å². The number of hydrogen-bond acceptors (Lipinski definition) is 2. The highest BCUT2D eigenvalue weighted by Crippen LogP contribution is 2.25. The Bertz CT molecular complexity index is 538. The van der Waals surface area contributed by atoms with Crippen molar-refractivity contribution in [3.63, 3.8) is 0 Å². The van der Waals surface area contributed by atoms with E-state index >= 15 is 0 Å². The highest BCUT2D eigenvalue weighted by molar-refractivity contribution is 7.99. The Morgan fingerprint density at radius 3 is 2.50 bits per heavy atom. The molecule has 0 aliphatic rings. The van der Waals surface area contributed by atoms with Gasteiger partial charge < -0.3 is 5.32 Å². The number of benzene rings is 2. The standard InChI is InChI=1S/C18H25NS/c1-4-14(3)18(19-5-2)13-20-17-11-10-15-8-6-7-9-16(15)12-17/h6-12,14,18-19H,4-5,13H2,1-3H3. The summed E-state index contributed by atoms with van der Waals surface area (Å²) in [5.74, 6) is 1.86. The zero-order chi connectivity index (χ0) is 14.4. The Morgan fingerprint density at radius 1 is 1.05 bits per heavy atom. The topological polar surface area (TPSA) is 12.0 Å². The quantitative estimate of drug-likeness (QED) is 0.723. The van der Waals surface area contributed by atoms with Gasteiger partial charge in [0.1, 0.15) is 0 Å². The third-order valence-corrected chi connectivity index (χ3v) is 5.06. The van der Waals surface area contributed by atoms with Crippen LogP contribution in [0, 0.1) is 5.92 Å². The van der Waals surface area contributed by atoms with Crippen LogP contribution in [0.25, 0.3) is 10.8 Å². The van der Waals surface area contributed by atoms with Gasteiger partial charge in [-0.05, 0) is 35.4 Å². The van der Waals surface area contributed by atoms with Gasteiger partial charge in [0.25, 0.3) is 0 Å². The maximum atomic E-state index is 3.62. The third kappa shape index (κ3) is 4.00. The smallest absolute Gasteiger partial charge is 0.0187 e. The lowest BCUT2D eigenvalue weighted by atomic mass is 10.0. The fraction of sp³-hybridized carbons (Fsp3) is 0.444. The van der Waals surface area contributed by atoms with Crippen molar-refractivity contribution >= 4 is 22.5 Å². The molecule has 0 aliphatic carbocycles. The van der Waals surface area contributed by atoms with Crippen LogP contribution in [0.5, 0.6) is 0 Å². The van der Waals surface area contributed by atoms with E-state index in [1.807, 2.05) is 11.8 Å². The van der Waals surface area contributed by atoms with E-state index in [4.69, 9.17) is 0 Å². The molecule has 2 unspecified atom stereocenters. The van der Waals surface area contributed by atoms with Crippen molar-refractivity contribution in [2.24, 2.45) is 5.92 Å². The number of nitrogens with one attached hydrogen (secondary N) is 1. The van der Waals surface area contributed by atoms with Crippen LogP contribution in [0.2, 0.25) is 0 Å². The monoisotopic (exact) mass is 287 g/mol. The fourth-order valence-electron chi connectivity index (χ4n) is 2.41. The van der Waals surface area contributed by atoms with Gasteiger partial charge in [0.2, 0.25) is 0 Å². The minimum atomic E-state index is 0.599. The average Bonchev–Trinajstić information content (AvgIpc) is 2.50. The van der Waals surface area contributed by atoms with E-state index in [0.717, 1.165) is 18.2 Å². The summed E-state index contributed by atoms with van der Waals surface area (Å²) in [4.78, 5) is 1.37. The molecule has 0 heterocycles. The van der Waals surface area contributed by atoms with E-state index < -0.39 is 0 Å². The molecule has 0 saturated carbocycles. The second kappa shape index (κ2) is 7.70. The lowest BCUT2D eigenvalue weighted by molar-refractivity contribution is 0.404. The molecular formula is C18H25NS. The number of fused-ring (bicyclic) bond motifs is 1. The second-order valence-corrected chi connectivity index (χ2v) is 6.46. The van der Waals surface area contributed by atoms with Crippen molar-refractivity contribution in [3.8, 4) is 0 Å². The summed E-state index contributed by atoms with van der Waals surface area (Å²) in [6, 6.07) is 15.9. The van der Waals surface area contributed by atoms with E-state index in [2.05, 4.69) is 68.6 Å². The van der Waals surface area contributed by atoms with Crippen LogP contribution >= 0.6 is 11.8 Å². The molecule has 0 bridgehead atoms. The van der Waals surface area contributed by atoms with E-state index in [1.165, 1.54) is 22.1 Å². The van der Waals surface area contributed by atoms with Crippen LogP contribution in [0.1, 0.15) is 27.2 Å². The summed E-state index contributed by atoms with van der Waals surface area (Å²) in [6.07, 6.45) is 1.23. The molecule has 2 aromatic rings. The maximum absolute atomic E-state index is 3.62. The van der Waals surface area contributed by atoms with E-state index in [9.17, 15) is 0 Å². The highest BCUT2D eigenvalue weighted by atomic mass is 32.2. The summed E-state index contributed by atoms with van der Waals surface area (Å²) in [7, 11) is 0. The molecule has 0 spiro atoms. The van der Waals surface area contributed by atoms with Gasteiger partial charge in [0, 0.05) is 16.7 Å². The minimum Gasteiger partial charge on any atom is -0.313 e. The summed E-state index contributed by atoms with van der Waals surface area (Å²) >= 11 is 1.96. The summed E-state index contributed by atoms with van der Waals surface area (Å²) in [5.41, 5.74) is 0. The molecule has 1 N–H and O–H groups in total. The molecule has 1 nitrogen and oxygen atoms in total. The number of thioether (sulfide) groups is 1. The molecule has 2 rings (SSSR count). The highest BCUT2D eigenvalue weighted by Gasteiger charge is 2.14. The molecule has 108 valence electrons. The lowest BCUT2D eigenvalue weighted by Gasteiger charge is -2.23. The van der Waals surface area contributed by atoms with Gasteiger partial charge in [-0.2, -0.15) is 0 Å². The molecule has 0 aliphatic heterocycles. The zero-order valence-electron chi connectivity index (χ0n) is 12.7. The van der Waals surface area contributed by atoms with E-state index in [0.29, 0.717) is 6.04 Å². The zero-order valence-corrected chi connectivity index (χ0v) is 13.5. The van der Waals surface area contributed by atoms with Gasteiger partial charge in [-0.25, -0.2) is 0 Å². The first-order valence-corrected chi connectivity index (χ1v) is 8.58. The normalized spacial score (nSPS) is 14.3. The first kappa shape index (κ1) is 15.4. The van der Waals surface area contributed by atoms with Crippen LogP contribution in [0.3, 0.4) is 0 Å². The molecule has 2 heteroatoms. The Labute approximate surface area is 127 Å². The Hall–Kier alpha value is -0.990. The average molecular weight is 287 g/mol. The first-order chi connectivity index (χ1) is 9.74. The van der Waals surface area contributed by atoms with Crippen molar-refractivity contribution < 1.29 is 0 Å². The number of hydrogen-bond donors (Lipinski definition) is 1. The molecule has 0 aromatic heterocycles. The largest absolute Gasteiger partial charge is 0.313 e. The molecule has 0 amide bonds. The van der Waals surface area contributed by atoms with Crippen LogP contribution in [-0.2, 0) is 0 Å². The van der Waals surface area contributed by atoms with Crippen molar-refractivity contribution in [2.45, 2.75) is 38.1 Å². The Kier molecular flexibility index (Phi) is 5.93. The lowest BCUT2D eigenvalue weighted by Crippen LogP contribution is -2.36. The van der Waals surface area contributed by atoms with Crippen molar-refractivity contribution in [2.75, 3.05) is 12.3 Å². The predicted molar refractivity (Wildman–Crippen MR) is 91.6 cm³/mol. The van der Waals surface area contributed by atoms with Crippen molar-refractivity contribution in [1.82, 2.24) is 5.32 Å². The molecule has 0 radical (unpaired) electrons. The van der Waals surface area contributed by atoms with Gasteiger partial charge in [0.15, 0.2) is 0 Å². The van der Waals surface area contributed by atoms with E-state index in [-0.39, 0.29) is 0 Å². The molecular weight excluding hydrogens is 262 g/mol. The third-order valence-electron chi connectivity index (χ3n) is 3.95. The SMILES string of the molecule is CCNC(CSc1ccc2ccccc2c1)C(C)CC. The first-order valence-electron chi connectivity index (χ1n) is 7.59. The summed E-state index contributed by atoms with van der Waals surface area (Å²) < 4.78 is 0. The fourth-order valence-corrected chi connectivity index (χ4v) is 3.61. The Balaban J connectivity index is 2.03. The van der Waals surface area contributed by atoms with Gasteiger partial charge in [-0.1, -0.05) is 57.5 Å². The molecule has 20 heavy (non-hydrogen) atoms. The molecule has 2 atom stereocenters. The summed E-state index contributed by atoms with van der Waals surface area (Å²) in [5, 5.41) is 6.28. The van der Waals surface area contributed by atoms with Crippen LogP contribution in [0.4, 0.5) is 0 Å². The minimum absolute atomic E-state index is 0.599. The van der Waals surface area contributed by atoms with Crippen LogP contribution in [0.15, 0.2) is 47.4 Å². The molecule has 0 saturated heterocycles. The van der Waals surface area contributed by atoms with Crippen molar-refractivity contribution in [1.29, 1.82) is 0 Å². The van der Waals surface area contributed by atoms with Gasteiger partial charge in [-0.3, -0.25) is 0 Å². The van der Waals surface area contributed by atoms with Crippen LogP contribution < -0.4 is 5.32 Å².